The molecule has 0 saturated heterocycles. The van der Waals surface area contributed by atoms with Crippen molar-refractivity contribution in [2.45, 2.75) is 71.3 Å². The van der Waals surface area contributed by atoms with Crippen molar-refractivity contribution in [3.63, 3.8) is 0 Å². The molecule has 0 radical (unpaired) electrons. The van der Waals surface area contributed by atoms with Crippen LogP contribution in [0.2, 0.25) is 0 Å². The third-order valence-electron chi connectivity index (χ3n) is 8.57. The van der Waals surface area contributed by atoms with Gasteiger partial charge in [-0.15, -0.1) is 0 Å². The molecule has 2 N–H and O–H groups in total. The van der Waals surface area contributed by atoms with Gasteiger partial charge in [0.2, 0.25) is 0 Å². The normalized spacial score (nSPS) is 52.6. The van der Waals surface area contributed by atoms with Gasteiger partial charge < -0.3 is 10.2 Å². The van der Waals surface area contributed by atoms with Crippen LogP contribution in [-0.4, -0.2) is 16.3 Å². The number of rotatable bonds is 1. The summed E-state index contributed by atoms with van der Waals surface area (Å²) in [6.07, 6.45) is 10.9. The minimum absolute atomic E-state index is 0.0666. The van der Waals surface area contributed by atoms with E-state index >= 15 is 0 Å². The van der Waals surface area contributed by atoms with Crippen molar-refractivity contribution in [2.24, 2.45) is 34.5 Å². The van der Waals surface area contributed by atoms with Gasteiger partial charge in [-0.2, -0.15) is 0 Å². The van der Waals surface area contributed by atoms with E-state index in [2.05, 4.69) is 20.4 Å². The van der Waals surface area contributed by atoms with Crippen LogP contribution >= 0.6 is 0 Å². The minimum Gasteiger partial charge on any atom is -0.512 e. The molecule has 0 spiro atoms. The Labute approximate surface area is 140 Å². The summed E-state index contributed by atoms with van der Waals surface area (Å²) in [7, 11) is 0. The molecule has 0 aromatic heterocycles. The van der Waals surface area contributed by atoms with Crippen LogP contribution in [0.25, 0.3) is 0 Å². The van der Waals surface area contributed by atoms with E-state index in [4.69, 9.17) is 0 Å². The average molecular weight is 316 g/mol. The number of allylic oxidation sites excluding steroid dienone is 3. The third-order valence-corrected chi connectivity index (χ3v) is 8.57. The van der Waals surface area contributed by atoms with Crippen molar-refractivity contribution in [1.29, 1.82) is 0 Å². The lowest BCUT2D eigenvalue weighted by Gasteiger charge is -2.60. The quantitative estimate of drug-likeness (QED) is 0.715. The summed E-state index contributed by atoms with van der Waals surface area (Å²) >= 11 is 0. The topological polar surface area (TPSA) is 40.5 Å². The average Bonchev–Trinajstić information content (AvgIpc) is 2.77. The zero-order valence-electron chi connectivity index (χ0n) is 14.7. The van der Waals surface area contributed by atoms with Gasteiger partial charge in [-0.05, 0) is 85.0 Å². The Morgan fingerprint density at radius 3 is 2.61 bits per heavy atom. The van der Waals surface area contributed by atoms with Crippen LogP contribution in [0.3, 0.4) is 0 Å². The highest BCUT2D eigenvalue weighted by Crippen LogP contribution is 2.67. The molecule has 2 nitrogen and oxygen atoms in total. The molecule has 3 fully saturated rings. The summed E-state index contributed by atoms with van der Waals surface area (Å²) in [6.45, 7) is 8.86. The minimum atomic E-state index is -0.0666. The second-order valence-corrected chi connectivity index (χ2v) is 9.31. The van der Waals surface area contributed by atoms with E-state index in [9.17, 15) is 10.2 Å². The molecule has 4 aliphatic carbocycles. The predicted octanol–water partition coefficient (Wildman–Crippen LogP) is 5.00. The van der Waals surface area contributed by atoms with Gasteiger partial charge in [-0.3, -0.25) is 0 Å². The second kappa shape index (κ2) is 5.12. The molecular weight excluding hydrogens is 284 g/mol. The number of hydrogen-bond acceptors (Lipinski definition) is 2. The Balaban J connectivity index is 1.65. The summed E-state index contributed by atoms with van der Waals surface area (Å²) in [4.78, 5) is 0. The van der Waals surface area contributed by atoms with Crippen molar-refractivity contribution >= 4 is 0 Å². The lowest BCUT2D eigenvalue weighted by molar-refractivity contribution is -0.117. The Hall–Kier alpha value is -0.760. The fraction of sp³-hybridized carbons (Fsp3) is 0.810. The fourth-order valence-electron chi connectivity index (χ4n) is 7.27. The maximum absolute atomic E-state index is 10.5. The van der Waals surface area contributed by atoms with Crippen LogP contribution in [0.15, 0.2) is 24.0 Å². The molecule has 0 amide bonds. The highest BCUT2D eigenvalue weighted by Gasteiger charge is 2.59. The van der Waals surface area contributed by atoms with Crippen molar-refractivity contribution in [2.75, 3.05) is 0 Å². The van der Waals surface area contributed by atoms with Crippen molar-refractivity contribution in [3.05, 3.63) is 24.0 Å². The zero-order chi connectivity index (χ0) is 16.4. The van der Waals surface area contributed by atoms with Crippen LogP contribution in [0.5, 0.6) is 0 Å². The van der Waals surface area contributed by atoms with Gasteiger partial charge in [0, 0.05) is 6.42 Å². The first-order valence-electron chi connectivity index (χ1n) is 9.63. The lowest BCUT2D eigenvalue weighted by Crippen LogP contribution is -2.53. The first kappa shape index (κ1) is 15.7. The maximum atomic E-state index is 10.5. The van der Waals surface area contributed by atoms with Crippen LogP contribution in [0.1, 0.15) is 65.2 Å². The molecule has 0 aromatic rings. The zero-order valence-corrected chi connectivity index (χ0v) is 14.7. The van der Waals surface area contributed by atoms with Crippen LogP contribution in [0.4, 0.5) is 0 Å². The number of hydrogen-bond donors (Lipinski definition) is 2. The highest BCUT2D eigenvalue weighted by atomic mass is 16.3. The summed E-state index contributed by atoms with van der Waals surface area (Å²) in [5.74, 6) is 3.44. The standard InChI is InChI=1S/C21H32O2/c1-4-16-19(23)12-18-15-6-5-13-11-14(22)7-9-20(13,2)17(15)8-10-21(16,18)3/h4,13-15,17-18,22-23H,1,5-12H2,2-3H3/t13?,14?,15-,17+,18+,20+,21-/m1/s1. The number of aliphatic hydroxyl groups excluding tert-OH is 2. The largest absolute Gasteiger partial charge is 0.512 e. The van der Waals surface area contributed by atoms with Crippen molar-refractivity contribution in [3.8, 4) is 0 Å². The molecular formula is C21H32O2. The first-order valence-corrected chi connectivity index (χ1v) is 9.63. The molecule has 128 valence electrons. The second-order valence-electron chi connectivity index (χ2n) is 9.31. The first-order chi connectivity index (χ1) is 10.9. The van der Waals surface area contributed by atoms with E-state index in [0.29, 0.717) is 23.0 Å². The smallest absolute Gasteiger partial charge is 0.0963 e. The monoisotopic (exact) mass is 316 g/mol. The molecule has 4 aliphatic rings. The van der Waals surface area contributed by atoms with Crippen molar-refractivity contribution < 1.29 is 10.2 Å². The van der Waals surface area contributed by atoms with Crippen LogP contribution in [-0.2, 0) is 0 Å². The Bertz CT molecular complexity index is 550. The predicted molar refractivity (Wildman–Crippen MR) is 93.0 cm³/mol. The van der Waals surface area contributed by atoms with Gasteiger partial charge in [0.25, 0.3) is 0 Å². The molecule has 3 saturated carbocycles. The number of aliphatic hydroxyl groups is 2. The highest BCUT2D eigenvalue weighted by molar-refractivity contribution is 5.35. The van der Waals surface area contributed by atoms with Gasteiger partial charge in [0.05, 0.1) is 11.9 Å². The van der Waals surface area contributed by atoms with Gasteiger partial charge in [0.15, 0.2) is 0 Å². The Morgan fingerprint density at radius 1 is 1.09 bits per heavy atom. The van der Waals surface area contributed by atoms with Gasteiger partial charge in [-0.1, -0.05) is 26.5 Å². The fourth-order valence-corrected chi connectivity index (χ4v) is 7.27. The summed E-state index contributed by atoms with van der Waals surface area (Å²) < 4.78 is 0. The Kier molecular flexibility index (Phi) is 3.50. The van der Waals surface area contributed by atoms with E-state index < -0.39 is 0 Å². The van der Waals surface area contributed by atoms with E-state index in [1.54, 1.807) is 0 Å². The van der Waals surface area contributed by atoms with E-state index in [0.717, 1.165) is 36.7 Å². The van der Waals surface area contributed by atoms with E-state index in [1.807, 2.05) is 6.08 Å². The molecule has 2 unspecified atom stereocenters. The van der Waals surface area contributed by atoms with Crippen molar-refractivity contribution in [1.82, 2.24) is 0 Å². The molecule has 7 atom stereocenters. The van der Waals surface area contributed by atoms with Gasteiger partial charge in [0.1, 0.15) is 0 Å². The molecule has 2 heteroatoms. The Morgan fingerprint density at radius 2 is 1.87 bits per heavy atom. The third kappa shape index (κ3) is 2.03. The summed E-state index contributed by atoms with van der Waals surface area (Å²) in [5.41, 5.74) is 1.69. The molecule has 0 bridgehead atoms. The van der Waals surface area contributed by atoms with Gasteiger partial charge >= 0.3 is 0 Å². The molecule has 0 aliphatic heterocycles. The maximum Gasteiger partial charge on any atom is 0.0963 e. The molecule has 4 rings (SSSR count). The molecule has 0 aromatic carbocycles. The molecule has 23 heavy (non-hydrogen) atoms. The van der Waals surface area contributed by atoms with Crippen LogP contribution < -0.4 is 0 Å². The summed E-state index contributed by atoms with van der Waals surface area (Å²) in [5, 5.41) is 20.6. The van der Waals surface area contributed by atoms with E-state index in [-0.39, 0.29) is 11.5 Å². The van der Waals surface area contributed by atoms with E-state index in [1.165, 1.54) is 32.1 Å². The lowest BCUT2D eigenvalue weighted by atomic mass is 9.44. The molecule has 0 heterocycles. The van der Waals surface area contributed by atoms with Crippen LogP contribution in [0, 0.1) is 34.5 Å². The van der Waals surface area contributed by atoms with Gasteiger partial charge in [-0.25, -0.2) is 0 Å². The number of fused-ring (bicyclic) bond motifs is 5. The SMILES string of the molecule is C=CC1=C(O)C[C@H]2[C@@H]3CCC4CC(O)CC[C@]4(C)[C@H]3CC[C@]12C. The summed E-state index contributed by atoms with van der Waals surface area (Å²) in [6, 6.07) is 0.